The van der Waals surface area contributed by atoms with Crippen molar-refractivity contribution in [2.45, 2.75) is 215 Å². The van der Waals surface area contributed by atoms with E-state index in [1.165, 1.54) is 96.5 Å². The number of aryl methyl sites for hydroxylation is 1. The zero-order valence-electron chi connectivity index (χ0n) is 57.0. The van der Waals surface area contributed by atoms with Crippen LogP contribution in [-0.2, 0) is 12.8 Å². The van der Waals surface area contributed by atoms with Crippen molar-refractivity contribution >= 4 is 0 Å². The third-order valence-electron chi connectivity index (χ3n) is 16.3. The third-order valence-corrected chi connectivity index (χ3v) is 16.3. The highest BCUT2D eigenvalue weighted by molar-refractivity contribution is 5.30. The van der Waals surface area contributed by atoms with Gasteiger partial charge in [-0.2, -0.15) is 0 Å². The van der Waals surface area contributed by atoms with Gasteiger partial charge >= 0.3 is 0 Å². The maximum absolute atomic E-state index is 13.4. The van der Waals surface area contributed by atoms with Crippen LogP contribution >= 0.6 is 0 Å². The number of rotatable bonds is 16. The zero-order valence-corrected chi connectivity index (χ0v) is 57.0. The Morgan fingerprint density at radius 1 is 0.299 bits per heavy atom. The van der Waals surface area contributed by atoms with Gasteiger partial charge in [0.15, 0.2) is 0 Å². The number of halogens is 6. The summed E-state index contributed by atoms with van der Waals surface area (Å²) in [4.78, 5) is 0. The van der Waals surface area contributed by atoms with Gasteiger partial charge in [-0.15, -0.1) is 0 Å². The molecule has 0 aromatic heterocycles. The molecule has 0 radical (unpaired) electrons. The molecule has 0 amide bonds. The van der Waals surface area contributed by atoms with Crippen molar-refractivity contribution in [2.24, 2.45) is 41.4 Å². The topological polar surface area (TPSA) is 0 Å². The van der Waals surface area contributed by atoms with Gasteiger partial charge < -0.3 is 0 Å². The Kier molecular flexibility index (Phi) is 40.0. The normalized spacial score (nSPS) is 12.5. The molecule has 7 aromatic rings. The molecule has 0 aliphatic carbocycles. The Morgan fingerprint density at radius 3 is 0.908 bits per heavy atom. The van der Waals surface area contributed by atoms with Crippen LogP contribution in [0.25, 0.3) is 0 Å². The van der Waals surface area contributed by atoms with E-state index in [9.17, 15) is 26.3 Å². The third kappa shape index (κ3) is 31.7. The van der Waals surface area contributed by atoms with Crippen LogP contribution in [-0.4, -0.2) is 0 Å². The van der Waals surface area contributed by atoms with Crippen LogP contribution in [0.2, 0.25) is 0 Å². The highest BCUT2D eigenvalue weighted by Gasteiger charge is 2.18. The summed E-state index contributed by atoms with van der Waals surface area (Å²) in [6.07, 6.45) is 4.41. The quantitative estimate of drug-likeness (QED) is 0.0846. The maximum Gasteiger partial charge on any atom is 0.129 e. The summed E-state index contributed by atoms with van der Waals surface area (Å²) >= 11 is 0. The number of benzene rings is 7. The SMILES string of the molecule is C.CC(C)C(C)c1ccc(F)cc1.CC(C)C(C)c1ccccc1.CC(C)Cc1ccccc1.CCC(c1cc(F)c(C)c(F)c1)C(C)C.CCC(c1ccc(F)cc1)C(C)C.Cc1c(F)cc(C(C)C(C)C)cc1F.Cc1ccc(CC(C)C)cc1. The van der Waals surface area contributed by atoms with Gasteiger partial charge in [-0.05, 0) is 205 Å². The van der Waals surface area contributed by atoms with Gasteiger partial charge in [-0.25, -0.2) is 26.3 Å². The highest BCUT2D eigenvalue weighted by atomic mass is 19.2. The molecule has 5 atom stereocenters. The molecule has 5 unspecified atom stereocenters. The van der Waals surface area contributed by atoms with E-state index in [2.05, 4.69) is 196 Å². The fraction of sp³-hybridized carbons (Fsp3) is 0.481. The smallest absolute Gasteiger partial charge is 0.129 e. The lowest BCUT2D eigenvalue weighted by Gasteiger charge is -2.20. The molecule has 0 nitrogen and oxygen atoms in total. The summed E-state index contributed by atoms with van der Waals surface area (Å²) in [5, 5.41) is 0. The van der Waals surface area contributed by atoms with Crippen molar-refractivity contribution in [1.29, 1.82) is 0 Å². The van der Waals surface area contributed by atoms with E-state index in [0.717, 1.165) is 41.7 Å². The van der Waals surface area contributed by atoms with Crippen molar-refractivity contribution in [2.75, 3.05) is 0 Å². The molecule has 0 heterocycles. The first-order valence-electron chi connectivity index (χ1n) is 31.9. The molecule has 0 saturated heterocycles. The predicted octanol–water partition coefficient (Wildman–Crippen LogP) is 26.2. The molecule has 0 aliphatic rings. The summed E-state index contributed by atoms with van der Waals surface area (Å²) < 4.78 is 78.4. The monoisotopic (exact) mass is 1200 g/mol. The van der Waals surface area contributed by atoms with Crippen LogP contribution in [0.5, 0.6) is 0 Å². The average Bonchev–Trinajstić information content (AvgIpc) is 3.64. The van der Waals surface area contributed by atoms with E-state index in [1.807, 2.05) is 52.0 Å². The second-order valence-electron chi connectivity index (χ2n) is 26.0. The van der Waals surface area contributed by atoms with Crippen molar-refractivity contribution in [1.82, 2.24) is 0 Å². The summed E-state index contributed by atoms with van der Waals surface area (Å²) in [5.74, 6) is 4.33. The first kappa shape index (κ1) is 81.1. The Labute approximate surface area is 528 Å². The van der Waals surface area contributed by atoms with Crippen molar-refractivity contribution < 1.29 is 26.3 Å². The van der Waals surface area contributed by atoms with Crippen LogP contribution in [0.1, 0.15) is 237 Å². The molecule has 6 heteroatoms. The van der Waals surface area contributed by atoms with E-state index >= 15 is 0 Å². The molecule has 482 valence electrons. The molecular weight excluding hydrogens is 1090 g/mol. The average molecular weight is 1200 g/mol. The fourth-order valence-electron chi connectivity index (χ4n) is 9.66. The number of hydrogen-bond donors (Lipinski definition) is 0. The largest absolute Gasteiger partial charge is 0.207 e. The van der Waals surface area contributed by atoms with Crippen LogP contribution in [0.4, 0.5) is 26.3 Å². The minimum absolute atomic E-state index is 0. The van der Waals surface area contributed by atoms with E-state index in [4.69, 9.17) is 0 Å². The molecule has 87 heavy (non-hydrogen) atoms. The van der Waals surface area contributed by atoms with Crippen molar-refractivity contribution in [3.63, 3.8) is 0 Å². The van der Waals surface area contributed by atoms with Gasteiger partial charge in [0.1, 0.15) is 34.9 Å². The highest BCUT2D eigenvalue weighted by Crippen LogP contribution is 2.31. The van der Waals surface area contributed by atoms with Crippen LogP contribution in [0.3, 0.4) is 0 Å². The van der Waals surface area contributed by atoms with Crippen molar-refractivity contribution in [3.8, 4) is 0 Å². The lowest BCUT2D eigenvalue weighted by molar-refractivity contribution is 0.475. The standard InChI is InChI=1S/C13H18F2.C12H16F2.C12H17F.C11H15F.2C11H16.C10H14.CH4/c1-5-11(8(2)3)10-6-12(14)9(4)13(15)7-10;1-7(2)8(3)10-5-11(13)9(4)12(14)6-10;1-4-12(9(2)3)10-5-7-11(13)8-6-10;1-8(2)9(3)10-4-6-11(12)7-5-10;1-9(2)8-11-6-4-10(3)5-7-11;1-9(2)10(3)11-7-5-4-6-8-11;1-9(2)8-10-6-4-3-5-7-10;/h6-8,11H,5H2,1-4H3;5-8H,1-4H3;5-9,12H,4H2,1-3H3;4-9H,1-3H3;4-7,9H,8H2,1-3H3;4-10H,1-3H3;3-7,9H,8H2,1-2H3;1H4. The molecular formula is C81H116F6. The molecule has 0 spiro atoms. The molecule has 0 bridgehead atoms. The fourth-order valence-corrected chi connectivity index (χ4v) is 9.66. The van der Waals surface area contributed by atoms with Gasteiger partial charge in [-0.3, -0.25) is 0 Å². The summed E-state index contributed by atoms with van der Waals surface area (Å²) in [7, 11) is 0. The molecule has 7 rings (SSSR count). The van der Waals surface area contributed by atoms with E-state index < -0.39 is 23.3 Å². The van der Waals surface area contributed by atoms with E-state index in [0.29, 0.717) is 41.4 Å². The van der Waals surface area contributed by atoms with Crippen LogP contribution in [0.15, 0.2) is 158 Å². The minimum Gasteiger partial charge on any atom is -0.207 e. The summed E-state index contributed by atoms with van der Waals surface area (Å²) in [6, 6.07) is 49.5. The van der Waals surface area contributed by atoms with Gasteiger partial charge in [-0.1, -0.05) is 254 Å². The van der Waals surface area contributed by atoms with Crippen LogP contribution in [0, 0.1) is 97.1 Å². The molecule has 0 fully saturated rings. The van der Waals surface area contributed by atoms with Gasteiger partial charge in [0.2, 0.25) is 0 Å². The second-order valence-corrected chi connectivity index (χ2v) is 26.0. The van der Waals surface area contributed by atoms with Crippen LogP contribution < -0.4 is 0 Å². The van der Waals surface area contributed by atoms with E-state index in [-0.39, 0.29) is 42.0 Å². The Bertz CT molecular complexity index is 2800. The molecule has 0 aliphatic heterocycles. The van der Waals surface area contributed by atoms with Gasteiger partial charge in [0, 0.05) is 11.1 Å². The molecule has 0 saturated carbocycles. The van der Waals surface area contributed by atoms with Crippen molar-refractivity contribution in [3.05, 3.63) is 248 Å². The molecule has 0 N–H and O–H groups in total. The van der Waals surface area contributed by atoms with Gasteiger partial charge in [0.25, 0.3) is 0 Å². The maximum atomic E-state index is 13.4. The first-order chi connectivity index (χ1) is 40.3. The summed E-state index contributed by atoms with van der Waals surface area (Å²) in [6.45, 7) is 46.2. The Hall–Kier alpha value is -5.88. The lowest BCUT2D eigenvalue weighted by atomic mass is 9.86. The Balaban J connectivity index is 0.000000993. The first-order valence-corrected chi connectivity index (χ1v) is 31.9. The Morgan fingerprint density at radius 2 is 0.586 bits per heavy atom. The van der Waals surface area contributed by atoms with Gasteiger partial charge in [0.05, 0.1) is 0 Å². The number of hydrogen-bond acceptors (Lipinski definition) is 0. The second kappa shape index (κ2) is 42.9. The summed E-state index contributed by atoms with van der Waals surface area (Å²) in [5.41, 5.74) is 9.86. The minimum atomic E-state index is -0.451. The molecule has 7 aromatic carbocycles. The predicted molar refractivity (Wildman–Crippen MR) is 368 cm³/mol. The van der Waals surface area contributed by atoms with E-state index in [1.54, 1.807) is 12.1 Å². The zero-order chi connectivity index (χ0) is 65.4. The lowest BCUT2D eigenvalue weighted by Crippen LogP contribution is -2.07.